The molecule has 1 aromatic heterocycles. The molecule has 0 radical (unpaired) electrons. The summed E-state index contributed by atoms with van der Waals surface area (Å²) < 4.78 is 5.49. The number of carbonyl (C=O) groups excluding carboxylic acids is 2. The highest BCUT2D eigenvalue weighted by molar-refractivity contribution is 6.10. The van der Waals surface area contributed by atoms with Crippen molar-refractivity contribution < 1.29 is 14.0 Å². The van der Waals surface area contributed by atoms with Crippen molar-refractivity contribution >= 4 is 17.7 Å². The highest BCUT2D eigenvalue weighted by atomic mass is 16.4. The van der Waals surface area contributed by atoms with Crippen LogP contribution in [0.25, 0.3) is 0 Å². The van der Waals surface area contributed by atoms with Crippen molar-refractivity contribution in [3.8, 4) is 0 Å². The van der Waals surface area contributed by atoms with Gasteiger partial charge >= 0.3 is 6.01 Å². The zero-order valence-electron chi connectivity index (χ0n) is 15.4. The molecular weight excluding hydrogens is 366 g/mol. The van der Waals surface area contributed by atoms with Crippen LogP contribution in [0, 0.1) is 0 Å². The number of nitrogens with zero attached hydrogens (tertiary/aromatic N) is 2. The van der Waals surface area contributed by atoms with Gasteiger partial charge in [-0.25, -0.2) is 0 Å². The topological polar surface area (TPSA) is 85.1 Å². The van der Waals surface area contributed by atoms with Crippen molar-refractivity contribution in [2.75, 3.05) is 5.32 Å². The first-order chi connectivity index (χ1) is 14.2. The van der Waals surface area contributed by atoms with Gasteiger partial charge in [0.15, 0.2) is 5.78 Å². The van der Waals surface area contributed by atoms with Crippen molar-refractivity contribution in [1.29, 1.82) is 0 Å². The first kappa shape index (κ1) is 18.3. The molecule has 1 heterocycles. The molecule has 1 N–H and O–H groups in total. The Labute approximate surface area is 167 Å². The molecular formula is C23H17N3O3. The molecule has 0 fully saturated rings. The number of hydrogen-bond acceptors (Lipinski definition) is 5. The van der Waals surface area contributed by atoms with E-state index in [1.807, 2.05) is 48.5 Å². The van der Waals surface area contributed by atoms with Gasteiger partial charge in [0.05, 0.1) is 6.42 Å². The number of ketones is 1. The van der Waals surface area contributed by atoms with Crippen LogP contribution < -0.4 is 5.32 Å². The number of hydrogen-bond donors (Lipinski definition) is 1. The van der Waals surface area contributed by atoms with Gasteiger partial charge in [0.2, 0.25) is 5.89 Å². The molecule has 0 aliphatic carbocycles. The van der Waals surface area contributed by atoms with Crippen LogP contribution in [0.1, 0.15) is 37.7 Å². The van der Waals surface area contributed by atoms with Crippen molar-refractivity contribution in [2.24, 2.45) is 0 Å². The standard InChI is InChI=1S/C23H17N3O3/c27-21(17-9-5-2-6-10-17)18-11-13-19(14-12-18)22(28)24-23-26-25-20(29-23)15-16-7-3-1-4-8-16/h1-14H,15H2,(H,24,26,28). The maximum absolute atomic E-state index is 12.4. The fourth-order valence-corrected chi connectivity index (χ4v) is 2.84. The Hall–Kier alpha value is -4.06. The minimum Gasteiger partial charge on any atom is -0.407 e. The molecule has 0 aliphatic rings. The lowest BCUT2D eigenvalue weighted by atomic mass is 10.0. The zero-order chi connectivity index (χ0) is 20.1. The molecule has 0 unspecified atom stereocenters. The average Bonchev–Trinajstić information content (AvgIpc) is 3.21. The maximum atomic E-state index is 12.4. The van der Waals surface area contributed by atoms with Gasteiger partial charge in [0, 0.05) is 16.7 Å². The second kappa shape index (κ2) is 8.31. The lowest BCUT2D eigenvalue weighted by molar-refractivity contribution is 0.101. The van der Waals surface area contributed by atoms with E-state index in [2.05, 4.69) is 15.5 Å². The third-order valence-corrected chi connectivity index (χ3v) is 4.33. The van der Waals surface area contributed by atoms with E-state index in [1.54, 1.807) is 36.4 Å². The summed E-state index contributed by atoms with van der Waals surface area (Å²) in [4.78, 5) is 24.8. The molecule has 0 aliphatic heterocycles. The number of amides is 1. The second-order valence-electron chi connectivity index (χ2n) is 6.39. The van der Waals surface area contributed by atoms with Crippen molar-refractivity contribution in [1.82, 2.24) is 10.2 Å². The fourth-order valence-electron chi connectivity index (χ4n) is 2.84. The van der Waals surface area contributed by atoms with Crippen LogP contribution in [0.2, 0.25) is 0 Å². The Balaban J connectivity index is 1.41. The number of nitrogens with one attached hydrogen (secondary N) is 1. The van der Waals surface area contributed by atoms with E-state index in [0.29, 0.717) is 29.0 Å². The van der Waals surface area contributed by atoms with Crippen molar-refractivity contribution in [3.63, 3.8) is 0 Å². The van der Waals surface area contributed by atoms with Crippen LogP contribution in [-0.2, 0) is 6.42 Å². The Morgan fingerprint density at radius 2 is 1.31 bits per heavy atom. The average molecular weight is 383 g/mol. The number of benzene rings is 3. The first-order valence-corrected chi connectivity index (χ1v) is 9.06. The number of anilines is 1. The monoisotopic (exact) mass is 383 g/mol. The first-order valence-electron chi connectivity index (χ1n) is 9.06. The third kappa shape index (κ3) is 4.44. The third-order valence-electron chi connectivity index (χ3n) is 4.33. The summed E-state index contributed by atoms with van der Waals surface area (Å²) in [6.07, 6.45) is 0.486. The van der Waals surface area contributed by atoms with Gasteiger partial charge in [-0.05, 0) is 17.7 Å². The summed E-state index contributed by atoms with van der Waals surface area (Å²) >= 11 is 0. The quantitative estimate of drug-likeness (QED) is 0.506. The molecule has 0 bridgehead atoms. The second-order valence-corrected chi connectivity index (χ2v) is 6.39. The molecule has 142 valence electrons. The molecule has 4 rings (SSSR count). The predicted molar refractivity (Wildman–Crippen MR) is 108 cm³/mol. The minimum absolute atomic E-state index is 0.0327. The van der Waals surface area contributed by atoms with Gasteiger partial charge in [0.1, 0.15) is 0 Å². The highest BCUT2D eigenvalue weighted by Gasteiger charge is 2.14. The molecule has 6 nitrogen and oxygen atoms in total. The van der Waals surface area contributed by atoms with Gasteiger partial charge < -0.3 is 4.42 Å². The Morgan fingerprint density at radius 1 is 0.724 bits per heavy atom. The summed E-state index contributed by atoms with van der Waals surface area (Å²) in [5, 5.41) is 10.4. The molecule has 1 amide bonds. The lowest BCUT2D eigenvalue weighted by Gasteiger charge is -2.04. The molecule has 29 heavy (non-hydrogen) atoms. The van der Waals surface area contributed by atoms with E-state index >= 15 is 0 Å². The van der Waals surface area contributed by atoms with Gasteiger partial charge in [-0.1, -0.05) is 77.9 Å². The summed E-state index contributed by atoms with van der Waals surface area (Å²) in [6, 6.07) is 25.2. The van der Waals surface area contributed by atoms with Crippen LogP contribution in [0.15, 0.2) is 89.3 Å². The smallest absolute Gasteiger partial charge is 0.322 e. The summed E-state index contributed by atoms with van der Waals surface area (Å²) in [7, 11) is 0. The Morgan fingerprint density at radius 3 is 2.00 bits per heavy atom. The lowest BCUT2D eigenvalue weighted by Crippen LogP contribution is -2.12. The summed E-state index contributed by atoms with van der Waals surface area (Å²) in [5.74, 6) is -0.0751. The van der Waals surface area contributed by atoms with Gasteiger partial charge in [-0.15, -0.1) is 5.10 Å². The van der Waals surface area contributed by atoms with Gasteiger partial charge in [0.25, 0.3) is 5.91 Å². The normalized spacial score (nSPS) is 10.5. The SMILES string of the molecule is O=C(Nc1nnc(Cc2ccccc2)o1)c1ccc(C(=O)c2ccccc2)cc1. The molecule has 6 heteroatoms. The van der Waals surface area contributed by atoms with E-state index in [4.69, 9.17) is 4.42 Å². The van der Waals surface area contributed by atoms with Crippen LogP contribution >= 0.6 is 0 Å². The molecule has 3 aromatic carbocycles. The molecule has 4 aromatic rings. The zero-order valence-corrected chi connectivity index (χ0v) is 15.4. The number of aromatic nitrogens is 2. The highest BCUT2D eigenvalue weighted by Crippen LogP contribution is 2.14. The molecule has 0 atom stereocenters. The van der Waals surface area contributed by atoms with E-state index < -0.39 is 5.91 Å². The van der Waals surface area contributed by atoms with E-state index in [1.165, 1.54) is 0 Å². The van der Waals surface area contributed by atoms with Crippen molar-refractivity contribution in [2.45, 2.75) is 6.42 Å². The van der Waals surface area contributed by atoms with E-state index in [-0.39, 0.29) is 11.8 Å². The van der Waals surface area contributed by atoms with Crippen LogP contribution in [0.3, 0.4) is 0 Å². The largest absolute Gasteiger partial charge is 0.407 e. The van der Waals surface area contributed by atoms with Crippen LogP contribution in [0.5, 0.6) is 0 Å². The molecule has 0 saturated carbocycles. The predicted octanol–water partition coefficient (Wildman–Crippen LogP) is 4.14. The summed E-state index contributed by atoms with van der Waals surface area (Å²) in [6.45, 7) is 0. The molecule has 0 saturated heterocycles. The van der Waals surface area contributed by atoms with Crippen molar-refractivity contribution in [3.05, 3.63) is 113 Å². The molecule has 0 spiro atoms. The van der Waals surface area contributed by atoms with Crippen LogP contribution in [-0.4, -0.2) is 21.9 Å². The van der Waals surface area contributed by atoms with E-state index in [9.17, 15) is 9.59 Å². The maximum Gasteiger partial charge on any atom is 0.322 e. The fraction of sp³-hybridized carbons (Fsp3) is 0.0435. The summed E-state index contributed by atoms with van der Waals surface area (Å²) in [5.41, 5.74) is 2.53. The number of rotatable bonds is 6. The van der Waals surface area contributed by atoms with Gasteiger partial charge in [-0.2, -0.15) is 0 Å². The minimum atomic E-state index is -0.390. The Kier molecular flexibility index (Phi) is 5.25. The van der Waals surface area contributed by atoms with E-state index in [0.717, 1.165) is 5.56 Å². The van der Waals surface area contributed by atoms with Crippen LogP contribution in [0.4, 0.5) is 6.01 Å². The Bertz CT molecular complexity index is 1120. The van der Waals surface area contributed by atoms with Gasteiger partial charge in [-0.3, -0.25) is 14.9 Å². The number of carbonyl (C=O) groups is 2.